The van der Waals surface area contributed by atoms with Crippen molar-refractivity contribution in [2.45, 2.75) is 52.0 Å². The van der Waals surface area contributed by atoms with E-state index in [1.165, 1.54) is 58.3 Å². The summed E-state index contributed by atoms with van der Waals surface area (Å²) >= 11 is 0. The second-order valence-electron chi connectivity index (χ2n) is 6.21. The van der Waals surface area contributed by atoms with Gasteiger partial charge < -0.3 is 9.64 Å². The van der Waals surface area contributed by atoms with Crippen LogP contribution in [-0.4, -0.2) is 61.8 Å². The van der Waals surface area contributed by atoms with Crippen molar-refractivity contribution >= 4 is 0 Å². The third-order valence-electron chi connectivity index (χ3n) is 4.88. The van der Waals surface area contributed by atoms with Gasteiger partial charge in [-0.2, -0.15) is 0 Å². The van der Waals surface area contributed by atoms with Crippen molar-refractivity contribution in [1.82, 2.24) is 9.80 Å². The Balaban J connectivity index is 1.73. The Morgan fingerprint density at radius 1 is 1.11 bits per heavy atom. The normalized spacial score (nSPS) is 27.2. The zero-order valence-electron chi connectivity index (χ0n) is 12.9. The molecule has 2 aliphatic rings. The van der Waals surface area contributed by atoms with Crippen LogP contribution in [0.15, 0.2) is 0 Å². The Hall–Kier alpha value is -0.120. The van der Waals surface area contributed by atoms with Gasteiger partial charge in [-0.05, 0) is 32.1 Å². The standard InChI is InChI=1S/C16H32N2O/c1-3-16-14-17(13-15-7-5-6-8-15)9-10-18(16)11-12-19-4-2/h15-16H,3-14H2,1-2H3. The van der Waals surface area contributed by atoms with E-state index in [4.69, 9.17) is 4.74 Å². The van der Waals surface area contributed by atoms with E-state index in [0.717, 1.165) is 31.7 Å². The van der Waals surface area contributed by atoms with E-state index < -0.39 is 0 Å². The summed E-state index contributed by atoms with van der Waals surface area (Å²) in [6.45, 7) is 12.4. The lowest BCUT2D eigenvalue weighted by Gasteiger charge is -2.42. The van der Waals surface area contributed by atoms with E-state index in [1.807, 2.05) is 0 Å². The number of piperazine rings is 1. The fourth-order valence-electron chi connectivity index (χ4n) is 3.69. The Morgan fingerprint density at radius 3 is 2.58 bits per heavy atom. The Morgan fingerprint density at radius 2 is 1.89 bits per heavy atom. The number of hydrogen-bond donors (Lipinski definition) is 0. The molecule has 0 aromatic rings. The molecule has 2 fully saturated rings. The summed E-state index contributed by atoms with van der Waals surface area (Å²) in [4.78, 5) is 5.36. The highest BCUT2D eigenvalue weighted by Gasteiger charge is 2.27. The SMILES string of the molecule is CCOCCN1CCN(CC2CCCC2)CC1CC. The van der Waals surface area contributed by atoms with Gasteiger partial charge in [0.1, 0.15) is 0 Å². The minimum absolute atomic E-state index is 0.746. The topological polar surface area (TPSA) is 15.7 Å². The van der Waals surface area contributed by atoms with Crippen LogP contribution in [0, 0.1) is 5.92 Å². The fraction of sp³-hybridized carbons (Fsp3) is 1.00. The van der Waals surface area contributed by atoms with Crippen molar-refractivity contribution in [2.75, 3.05) is 45.9 Å². The molecule has 0 radical (unpaired) electrons. The van der Waals surface area contributed by atoms with Gasteiger partial charge in [-0.25, -0.2) is 0 Å². The van der Waals surface area contributed by atoms with Crippen LogP contribution in [0.4, 0.5) is 0 Å². The maximum absolute atomic E-state index is 5.51. The average molecular weight is 268 g/mol. The molecule has 1 atom stereocenters. The van der Waals surface area contributed by atoms with Gasteiger partial charge in [0.25, 0.3) is 0 Å². The second kappa shape index (κ2) is 8.23. The lowest BCUT2D eigenvalue weighted by molar-refractivity contribution is 0.0360. The molecule has 112 valence electrons. The summed E-state index contributed by atoms with van der Waals surface area (Å²) in [7, 11) is 0. The van der Waals surface area contributed by atoms with E-state index in [2.05, 4.69) is 23.6 Å². The quantitative estimate of drug-likeness (QED) is 0.660. The van der Waals surface area contributed by atoms with Crippen molar-refractivity contribution in [3.63, 3.8) is 0 Å². The zero-order valence-corrected chi connectivity index (χ0v) is 12.9. The number of nitrogens with zero attached hydrogens (tertiary/aromatic N) is 2. The minimum atomic E-state index is 0.746. The molecule has 3 nitrogen and oxygen atoms in total. The van der Waals surface area contributed by atoms with E-state index >= 15 is 0 Å². The maximum Gasteiger partial charge on any atom is 0.0593 e. The highest BCUT2D eigenvalue weighted by molar-refractivity contribution is 4.83. The van der Waals surface area contributed by atoms with Crippen LogP contribution in [0.1, 0.15) is 46.0 Å². The predicted octanol–water partition coefficient (Wildman–Crippen LogP) is 2.61. The van der Waals surface area contributed by atoms with Gasteiger partial charge in [-0.15, -0.1) is 0 Å². The molecule has 1 saturated heterocycles. The van der Waals surface area contributed by atoms with E-state index in [9.17, 15) is 0 Å². The highest BCUT2D eigenvalue weighted by Crippen LogP contribution is 2.26. The van der Waals surface area contributed by atoms with Gasteiger partial charge in [0.2, 0.25) is 0 Å². The molecule has 19 heavy (non-hydrogen) atoms. The molecule has 0 bridgehead atoms. The number of rotatable bonds is 7. The molecule has 0 amide bonds. The van der Waals surface area contributed by atoms with E-state index in [1.54, 1.807) is 0 Å². The van der Waals surface area contributed by atoms with Crippen LogP contribution in [0.2, 0.25) is 0 Å². The average Bonchev–Trinajstić information content (AvgIpc) is 2.93. The van der Waals surface area contributed by atoms with Crippen LogP contribution in [0.3, 0.4) is 0 Å². The molecular weight excluding hydrogens is 236 g/mol. The molecule has 0 aromatic carbocycles. The lowest BCUT2D eigenvalue weighted by atomic mass is 10.0. The maximum atomic E-state index is 5.51. The van der Waals surface area contributed by atoms with Gasteiger partial charge in [0.15, 0.2) is 0 Å². The van der Waals surface area contributed by atoms with E-state index in [-0.39, 0.29) is 0 Å². The van der Waals surface area contributed by atoms with Crippen molar-refractivity contribution in [2.24, 2.45) is 5.92 Å². The molecular formula is C16H32N2O. The minimum Gasteiger partial charge on any atom is -0.380 e. The summed E-state index contributed by atoms with van der Waals surface area (Å²) in [5, 5.41) is 0. The molecule has 0 spiro atoms. The third kappa shape index (κ3) is 4.73. The summed E-state index contributed by atoms with van der Waals surface area (Å²) in [6.07, 6.45) is 7.16. The Kier molecular flexibility index (Phi) is 6.62. The second-order valence-corrected chi connectivity index (χ2v) is 6.21. The zero-order chi connectivity index (χ0) is 13.5. The summed E-state index contributed by atoms with van der Waals surface area (Å²) in [5.74, 6) is 0.993. The van der Waals surface area contributed by atoms with E-state index in [0.29, 0.717) is 0 Å². The van der Waals surface area contributed by atoms with Gasteiger partial charge in [0.05, 0.1) is 6.61 Å². The highest BCUT2D eigenvalue weighted by atomic mass is 16.5. The molecule has 1 saturated carbocycles. The Bertz CT molecular complexity index is 241. The summed E-state index contributed by atoms with van der Waals surface area (Å²) in [5.41, 5.74) is 0. The third-order valence-corrected chi connectivity index (χ3v) is 4.88. The molecule has 1 unspecified atom stereocenters. The molecule has 3 heteroatoms. The van der Waals surface area contributed by atoms with Gasteiger partial charge in [-0.1, -0.05) is 19.8 Å². The van der Waals surface area contributed by atoms with Crippen LogP contribution in [0.25, 0.3) is 0 Å². The molecule has 1 heterocycles. The predicted molar refractivity (Wildman–Crippen MR) is 80.5 cm³/mol. The van der Waals surface area contributed by atoms with Crippen LogP contribution >= 0.6 is 0 Å². The first kappa shape index (κ1) is 15.3. The van der Waals surface area contributed by atoms with Gasteiger partial charge in [0, 0.05) is 45.4 Å². The first-order chi connectivity index (χ1) is 9.33. The van der Waals surface area contributed by atoms with Crippen LogP contribution < -0.4 is 0 Å². The molecule has 1 aliphatic heterocycles. The first-order valence-electron chi connectivity index (χ1n) is 8.37. The van der Waals surface area contributed by atoms with Crippen molar-refractivity contribution in [3.05, 3.63) is 0 Å². The smallest absolute Gasteiger partial charge is 0.0593 e. The van der Waals surface area contributed by atoms with Crippen LogP contribution in [-0.2, 0) is 4.74 Å². The summed E-state index contributed by atoms with van der Waals surface area (Å²) in [6, 6.07) is 0.746. The van der Waals surface area contributed by atoms with Gasteiger partial charge >= 0.3 is 0 Å². The fourth-order valence-corrected chi connectivity index (χ4v) is 3.69. The molecule has 0 aromatic heterocycles. The van der Waals surface area contributed by atoms with Gasteiger partial charge in [-0.3, -0.25) is 4.90 Å². The van der Waals surface area contributed by atoms with Crippen molar-refractivity contribution < 1.29 is 4.74 Å². The molecule has 0 N–H and O–H groups in total. The lowest BCUT2D eigenvalue weighted by Crippen LogP contribution is -2.54. The largest absolute Gasteiger partial charge is 0.380 e. The first-order valence-corrected chi connectivity index (χ1v) is 8.37. The van der Waals surface area contributed by atoms with Crippen molar-refractivity contribution in [3.8, 4) is 0 Å². The summed E-state index contributed by atoms with van der Waals surface area (Å²) < 4.78 is 5.51. The van der Waals surface area contributed by atoms with Crippen LogP contribution in [0.5, 0.6) is 0 Å². The molecule has 1 aliphatic carbocycles. The van der Waals surface area contributed by atoms with Crippen molar-refractivity contribution in [1.29, 1.82) is 0 Å². The number of ether oxygens (including phenoxy) is 1. The monoisotopic (exact) mass is 268 g/mol. The Labute approximate surface area is 119 Å². The molecule has 2 rings (SSSR count). The number of hydrogen-bond acceptors (Lipinski definition) is 3.